The average molecular weight is 280 g/mol. The maximum atomic E-state index is 11.0. The Labute approximate surface area is 115 Å². The molecule has 1 amide bonds. The van der Waals surface area contributed by atoms with E-state index < -0.39 is 16.9 Å². The molecule has 1 aromatic rings. The third-order valence-corrected chi connectivity index (χ3v) is 3.20. The van der Waals surface area contributed by atoms with E-state index in [1.807, 2.05) is 0 Å². The minimum Gasteiger partial charge on any atom is -0.367 e. The van der Waals surface area contributed by atoms with Gasteiger partial charge in [0.05, 0.1) is 11.0 Å². The highest BCUT2D eigenvalue weighted by molar-refractivity contribution is 5.79. The Kier molecular flexibility index (Phi) is 4.14. The minimum absolute atomic E-state index is 0.0426. The quantitative estimate of drug-likeness (QED) is 0.606. The molecule has 2 rings (SSSR count). The molecule has 8 heteroatoms. The van der Waals surface area contributed by atoms with Crippen molar-refractivity contribution in [2.45, 2.75) is 32.0 Å². The number of nitrogens with zero attached hydrogens (tertiary/aromatic N) is 2. The predicted molar refractivity (Wildman–Crippen MR) is 71.2 cm³/mol. The summed E-state index contributed by atoms with van der Waals surface area (Å²) in [4.78, 5) is 25.1. The van der Waals surface area contributed by atoms with Crippen molar-refractivity contribution < 1.29 is 14.5 Å². The molecule has 0 aromatic carbocycles. The molecule has 2 atom stereocenters. The number of primary amides is 1. The van der Waals surface area contributed by atoms with E-state index in [-0.39, 0.29) is 11.8 Å². The van der Waals surface area contributed by atoms with Crippen LogP contribution in [0.4, 0.5) is 11.5 Å². The second kappa shape index (κ2) is 5.83. The third-order valence-electron chi connectivity index (χ3n) is 3.20. The molecule has 2 heterocycles. The van der Waals surface area contributed by atoms with Gasteiger partial charge in [-0.3, -0.25) is 14.9 Å². The van der Waals surface area contributed by atoms with Crippen molar-refractivity contribution in [3.05, 3.63) is 27.9 Å². The van der Waals surface area contributed by atoms with Gasteiger partial charge in [0, 0.05) is 12.6 Å². The Hall–Kier alpha value is -2.22. The van der Waals surface area contributed by atoms with Crippen LogP contribution < -0.4 is 11.1 Å². The van der Waals surface area contributed by atoms with Gasteiger partial charge in [-0.15, -0.1) is 0 Å². The number of carbonyl (C=O) groups is 1. The number of aryl methyl sites for hydroxylation is 1. The Morgan fingerprint density at radius 1 is 1.65 bits per heavy atom. The monoisotopic (exact) mass is 280 g/mol. The molecule has 0 saturated carbocycles. The number of nitrogens with two attached hydrogens (primary N) is 1. The molecule has 3 N–H and O–H groups in total. The van der Waals surface area contributed by atoms with E-state index in [9.17, 15) is 14.9 Å². The lowest BCUT2D eigenvalue weighted by atomic mass is 10.2. The number of nitro groups is 1. The number of amides is 1. The highest BCUT2D eigenvalue weighted by Crippen LogP contribution is 2.21. The number of hydrogen-bond acceptors (Lipinski definition) is 6. The fourth-order valence-electron chi connectivity index (χ4n) is 2.12. The smallest absolute Gasteiger partial charge is 0.287 e. The first-order chi connectivity index (χ1) is 9.47. The molecule has 2 unspecified atom stereocenters. The van der Waals surface area contributed by atoms with E-state index in [0.717, 1.165) is 6.42 Å². The van der Waals surface area contributed by atoms with Crippen LogP contribution in [0.5, 0.6) is 0 Å². The summed E-state index contributed by atoms with van der Waals surface area (Å²) in [6, 6.07) is 1.46. The van der Waals surface area contributed by atoms with Gasteiger partial charge in [-0.05, 0) is 25.3 Å². The average Bonchev–Trinajstić information content (AvgIpc) is 2.86. The number of pyridine rings is 1. The molecule has 1 aromatic heterocycles. The predicted octanol–water partition coefficient (Wildman–Crippen LogP) is 0.743. The fourth-order valence-corrected chi connectivity index (χ4v) is 2.12. The Bertz CT molecular complexity index is 534. The molecule has 1 aliphatic heterocycles. The van der Waals surface area contributed by atoms with Crippen LogP contribution in [0, 0.1) is 17.0 Å². The summed E-state index contributed by atoms with van der Waals surface area (Å²) < 4.78 is 5.47. The van der Waals surface area contributed by atoms with E-state index in [1.165, 1.54) is 12.3 Å². The van der Waals surface area contributed by atoms with Crippen LogP contribution in [0.3, 0.4) is 0 Å². The summed E-state index contributed by atoms with van der Waals surface area (Å²) in [5.41, 5.74) is 5.82. The maximum absolute atomic E-state index is 11.0. The molecule has 1 fully saturated rings. The molecular weight excluding hydrogens is 264 g/mol. The largest absolute Gasteiger partial charge is 0.367 e. The molecule has 20 heavy (non-hydrogen) atoms. The lowest BCUT2D eigenvalue weighted by molar-refractivity contribution is -0.385. The number of nitrogens with one attached hydrogen (secondary N) is 1. The Morgan fingerprint density at radius 3 is 2.95 bits per heavy atom. The first-order valence-corrected chi connectivity index (χ1v) is 6.27. The lowest BCUT2D eigenvalue weighted by Crippen LogP contribution is -2.30. The van der Waals surface area contributed by atoms with Crippen molar-refractivity contribution in [2.24, 2.45) is 5.73 Å². The summed E-state index contributed by atoms with van der Waals surface area (Å²) in [5, 5.41) is 13.7. The molecule has 0 bridgehead atoms. The molecule has 0 spiro atoms. The van der Waals surface area contributed by atoms with Gasteiger partial charge in [-0.25, -0.2) is 4.98 Å². The molecule has 0 aliphatic carbocycles. The molecule has 8 nitrogen and oxygen atoms in total. The summed E-state index contributed by atoms with van der Waals surface area (Å²) in [5.74, 6) is 0.124. The van der Waals surface area contributed by atoms with Gasteiger partial charge in [-0.1, -0.05) is 0 Å². The van der Waals surface area contributed by atoms with Crippen molar-refractivity contribution in [1.82, 2.24) is 4.98 Å². The molecule has 108 valence electrons. The molecule has 0 radical (unpaired) electrons. The zero-order valence-electron chi connectivity index (χ0n) is 11.0. The van der Waals surface area contributed by atoms with Crippen LogP contribution in [-0.2, 0) is 9.53 Å². The summed E-state index contributed by atoms with van der Waals surface area (Å²) in [6.45, 7) is 2.22. The number of hydrogen-bond donors (Lipinski definition) is 2. The molecule has 1 saturated heterocycles. The van der Waals surface area contributed by atoms with Gasteiger partial charge in [0.15, 0.2) is 0 Å². The second-order valence-corrected chi connectivity index (χ2v) is 4.72. The first kappa shape index (κ1) is 14.2. The van der Waals surface area contributed by atoms with Gasteiger partial charge in [0.2, 0.25) is 5.91 Å². The van der Waals surface area contributed by atoms with Gasteiger partial charge in [0.1, 0.15) is 18.1 Å². The number of aromatic nitrogens is 1. The van der Waals surface area contributed by atoms with E-state index in [0.29, 0.717) is 24.3 Å². The maximum Gasteiger partial charge on any atom is 0.287 e. The summed E-state index contributed by atoms with van der Waals surface area (Å²) in [7, 11) is 0. The van der Waals surface area contributed by atoms with Crippen LogP contribution in [0.1, 0.15) is 18.4 Å². The molecular formula is C12H16N4O4. The van der Waals surface area contributed by atoms with Crippen molar-refractivity contribution in [1.29, 1.82) is 0 Å². The number of anilines is 1. The van der Waals surface area contributed by atoms with Gasteiger partial charge in [0.25, 0.3) is 5.69 Å². The minimum atomic E-state index is -0.521. The van der Waals surface area contributed by atoms with Crippen LogP contribution in [-0.4, -0.2) is 34.6 Å². The van der Waals surface area contributed by atoms with Gasteiger partial charge >= 0.3 is 0 Å². The fraction of sp³-hybridized carbons (Fsp3) is 0.500. The summed E-state index contributed by atoms with van der Waals surface area (Å²) in [6.07, 6.45) is 1.94. The van der Waals surface area contributed by atoms with Gasteiger partial charge < -0.3 is 15.8 Å². The highest BCUT2D eigenvalue weighted by atomic mass is 16.6. The molecule has 1 aliphatic rings. The Balaban J connectivity index is 1.92. The zero-order chi connectivity index (χ0) is 14.7. The Morgan fingerprint density at radius 2 is 2.40 bits per heavy atom. The van der Waals surface area contributed by atoms with E-state index in [2.05, 4.69) is 10.3 Å². The second-order valence-electron chi connectivity index (χ2n) is 4.72. The first-order valence-electron chi connectivity index (χ1n) is 6.27. The van der Waals surface area contributed by atoms with Crippen LogP contribution in [0.2, 0.25) is 0 Å². The van der Waals surface area contributed by atoms with Crippen LogP contribution in [0.15, 0.2) is 12.3 Å². The van der Waals surface area contributed by atoms with Crippen LogP contribution >= 0.6 is 0 Å². The van der Waals surface area contributed by atoms with Gasteiger partial charge in [-0.2, -0.15) is 0 Å². The highest BCUT2D eigenvalue weighted by Gasteiger charge is 2.28. The normalized spacial score (nSPS) is 21.6. The zero-order valence-corrected chi connectivity index (χ0v) is 11.0. The SMILES string of the molecule is Cc1cc([N+](=O)[O-])cnc1NCC1CCC(C(N)=O)O1. The van der Waals surface area contributed by atoms with Crippen molar-refractivity contribution in [3.63, 3.8) is 0 Å². The van der Waals surface area contributed by atoms with Crippen molar-refractivity contribution in [3.8, 4) is 0 Å². The third kappa shape index (κ3) is 3.21. The van der Waals surface area contributed by atoms with Crippen LogP contribution in [0.25, 0.3) is 0 Å². The van der Waals surface area contributed by atoms with Crippen molar-refractivity contribution in [2.75, 3.05) is 11.9 Å². The van der Waals surface area contributed by atoms with E-state index >= 15 is 0 Å². The number of ether oxygens (including phenoxy) is 1. The summed E-state index contributed by atoms with van der Waals surface area (Å²) >= 11 is 0. The van der Waals surface area contributed by atoms with Crippen molar-refractivity contribution >= 4 is 17.4 Å². The topological polar surface area (TPSA) is 120 Å². The lowest BCUT2D eigenvalue weighted by Gasteiger charge is -2.14. The number of rotatable bonds is 5. The standard InChI is InChI=1S/C12H16N4O4/c1-7-4-8(16(18)19)5-14-12(7)15-6-9-2-3-10(20-9)11(13)17/h4-5,9-10H,2-3,6H2,1H3,(H2,13,17)(H,14,15). The van der Waals surface area contributed by atoms with E-state index in [4.69, 9.17) is 10.5 Å². The van der Waals surface area contributed by atoms with E-state index in [1.54, 1.807) is 6.92 Å². The number of carbonyl (C=O) groups excluding carboxylic acids is 1.